The first-order valence-electron chi connectivity index (χ1n) is 7.63. The molecule has 0 aliphatic carbocycles. The molecule has 0 saturated heterocycles. The summed E-state index contributed by atoms with van der Waals surface area (Å²) in [6, 6.07) is 30.5. The summed E-state index contributed by atoms with van der Waals surface area (Å²) in [5.41, 5.74) is 0. The van der Waals surface area contributed by atoms with E-state index < -0.39 is 7.05 Å². The van der Waals surface area contributed by atoms with E-state index in [0.717, 1.165) is 15.9 Å². The molecule has 0 aliphatic rings. The van der Waals surface area contributed by atoms with Crippen LogP contribution in [0, 0.1) is 0 Å². The Labute approximate surface area is 141 Å². The van der Waals surface area contributed by atoms with Crippen molar-refractivity contribution < 1.29 is 4.79 Å². The normalized spacial score (nSPS) is 11.3. The molecule has 3 rings (SSSR count). The smallest absolute Gasteiger partial charge is 0.162 e. The van der Waals surface area contributed by atoms with Gasteiger partial charge in [-0.25, -0.2) is 0 Å². The molecule has 0 N–H and O–H groups in total. The zero-order valence-electron chi connectivity index (χ0n) is 13.1. The molecule has 3 aromatic carbocycles. The van der Waals surface area contributed by atoms with Gasteiger partial charge in [-0.1, -0.05) is 91.0 Å². The Morgan fingerprint density at radius 1 is 0.625 bits per heavy atom. The second-order valence-corrected chi connectivity index (χ2v) is 8.13. The highest BCUT2D eigenvalue weighted by Crippen LogP contribution is 2.46. The highest BCUT2D eigenvalue weighted by molar-refractivity contribution is 7.87. The van der Waals surface area contributed by atoms with Gasteiger partial charge in [-0.15, -0.1) is 0 Å². The summed E-state index contributed by atoms with van der Waals surface area (Å²) in [6.07, 6.45) is 1.85. The monoisotopic (exact) mass is 332 g/mol. The van der Waals surface area contributed by atoms with E-state index >= 15 is 0 Å². The van der Waals surface area contributed by atoms with Crippen LogP contribution in [0.2, 0.25) is 0 Å². The molecule has 0 bridgehead atoms. The van der Waals surface area contributed by atoms with Gasteiger partial charge >= 0.3 is 0 Å². The van der Waals surface area contributed by atoms with E-state index in [9.17, 15) is 4.79 Å². The number of aldehydes is 1. The van der Waals surface area contributed by atoms with Crippen LogP contribution in [0.3, 0.4) is 0 Å². The minimum absolute atomic E-state index is 0.652. The number of hydrogen-bond donors (Lipinski definition) is 0. The summed E-state index contributed by atoms with van der Waals surface area (Å²) >= 11 is 0. The van der Waals surface area contributed by atoms with Crippen molar-refractivity contribution in [1.29, 1.82) is 0 Å². The number of carbonyl (C=O) groups is 1. The van der Waals surface area contributed by atoms with Crippen LogP contribution in [0.1, 0.15) is 0 Å². The molecule has 0 atom stereocenters. The number of benzene rings is 3. The fourth-order valence-corrected chi connectivity index (χ4v) is 5.90. The number of rotatable bonds is 5. The molecule has 24 heavy (non-hydrogen) atoms. The van der Waals surface area contributed by atoms with Crippen molar-refractivity contribution in [2.24, 2.45) is 9.96 Å². The molecule has 0 heterocycles. The third kappa shape index (κ3) is 3.12. The van der Waals surface area contributed by atoms with Crippen molar-refractivity contribution in [1.82, 2.24) is 0 Å². The predicted octanol–water partition coefficient (Wildman–Crippen LogP) is 3.35. The first-order valence-corrected chi connectivity index (χ1v) is 9.37. The topological polar surface area (TPSA) is 41.8 Å². The summed E-state index contributed by atoms with van der Waals surface area (Å²) in [7, 11) is -2.31. The minimum atomic E-state index is -2.31. The fraction of sp³-hybridized carbons (Fsp3) is 0. The number of nitrogens with zero attached hydrogens (tertiary/aromatic N) is 2. The maximum atomic E-state index is 10.7. The molecular formula is C20H17N2OP. The Kier molecular flexibility index (Phi) is 5.15. The van der Waals surface area contributed by atoms with Crippen molar-refractivity contribution in [3.63, 3.8) is 0 Å². The summed E-state index contributed by atoms with van der Waals surface area (Å²) in [5, 5.41) is 7.38. The lowest BCUT2D eigenvalue weighted by Crippen LogP contribution is -2.25. The van der Waals surface area contributed by atoms with Gasteiger partial charge < -0.3 is 0 Å². The number of carbonyl (C=O) groups excluding carboxylic acids is 1. The van der Waals surface area contributed by atoms with Crippen LogP contribution < -0.4 is 15.9 Å². The Hall–Kier alpha value is -2.77. The van der Waals surface area contributed by atoms with Gasteiger partial charge in [0.2, 0.25) is 0 Å². The van der Waals surface area contributed by atoms with Crippen LogP contribution in [0.25, 0.3) is 0 Å². The van der Waals surface area contributed by atoms with Crippen molar-refractivity contribution in [3.8, 4) is 0 Å². The van der Waals surface area contributed by atoms with Gasteiger partial charge in [0, 0.05) is 15.9 Å². The molecule has 4 heteroatoms. The van der Waals surface area contributed by atoms with Crippen molar-refractivity contribution >= 4 is 35.5 Å². The molecular weight excluding hydrogens is 315 g/mol. The summed E-state index contributed by atoms with van der Waals surface area (Å²) in [5.74, 6) is 0. The zero-order valence-corrected chi connectivity index (χ0v) is 14.0. The summed E-state index contributed by atoms with van der Waals surface area (Å²) < 4.78 is 0. The molecule has 0 radical (unpaired) electrons. The van der Waals surface area contributed by atoms with Gasteiger partial charge in [0.15, 0.2) is 6.29 Å². The zero-order chi connectivity index (χ0) is 16.7. The average molecular weight is 332 g/mol. The van der Waals surface area contributed by atoms with Crippen molar-refractivity contribution in [2.45, 2.75) is 0 Å². The molecule has 118 valence electrons. The third-order valence-electron chi connectivity index (χ3n) is 3.70. The van der Waals surface area contributed by atoms with Crippen molar-refractivity contribution in [2.75, 3.05) is 0 Å². The van der Waals surface area contributed by atoms with E-state index in [1.165, 1.54) is 6.21 Å². The third-order valence-corrected chi connectivity index (χ3v) is 7.21. The van der Waals surface area contributed by atoms with Crippen LogP contribution in [0.4, 0.5) is 0 Å². The van der Waals surface area contributed by atoms with Gasteiger partial charge in [-0.05, 0) is 0 Å². The van der Waals surface area contributed by atoms with Crippen LogP contribution in [0.5, 0.6) is 0 Å². The van der Waals surface area contributed by atoms with E-state index in [4.69, 9.17) is 4.85 Å². The second-order valence-electron chi connectivity index (χ2n) is 5.13. The maximum Gasteiger partial charge on any atom is 0.162 e. The molecule has 0 fully saturated rings. The predicted molar refractivity (Wildman–Crippen MR) is 102 cm³/mol. The largest absolute Gasteiger partial charge is 0.297 e. The van der Waals surface area contributed by atoms with Crippen LogP contribution in [0.15, 0.2) is 101 Å². The Morgan fingerprint density at radius 3 is 1.33 bits per heavy atom. The van der Waals surface area contributed by atoms with Crippen LogP contribution in [-0.2, 0) is 4.79 Å². The molecule has 0 spiro atoms. The highest BCUT2D eigenvalue weighted by Gasteiger charge is 2.27. The fourth-order valence-electron chi connectivity index (χ4n) is 2.67. The van der Waals surface area contributed by atoms with Gasteiger partial charge in [0.1, 0.15) is 0 Å². The average Bonchev–Trinajstić information content (AvgIpc) is 2.68. The van der Waals surface area contributed by atoms with E-state index in [1.54, 1.807) is 0 Å². The highest BCUT2D eigenvalue weighted by atomic mass is 31.2. The molecule has 0 amide bonds. The van der Waals surface area contributed by atoms with E-state index in [2.05, 4.69) is 41.5 Å². The Bertz CT molecular complexity index is 772. The SMILES string of the molecule is O=CC=NN=P(c1ccccc1)(c1ccccc1)c1ccccc1. The lowest BCUT2D eigenvalue weighted by molar-refractivity contribution is -0.102. The van der Waals surface area contributed by atoms with E-state index in [0.29, 0.717) is 6.29 Å². The first-order chi connectivity index (χ1) is 11.9. The van der Waals surface area contributed by atoms with Gasteiger partial charge in [0.25, 0.3) is 0 Å². The van der Waals surface area contributed by atoms with Crippen LogP contribution in [-0.4, -0.2) is 12.5 Å². The Morgan fingerprint density at radius 2 is 1.00 bits per heavy atom. The standard InChI is InChI=1S/C20H17N2OP/c23-17-16-21-22-24(18-10-4-1-5-11-18,19-12-6-2-7-13-19)20-14-8-3-9-15-20/h1-17H. The lowest BCUT2D eigenvalue weighted by atomic mass is 10.4. The quantitative estimate of drug-likeness (QED) is 0.306. The molecule has 0 aromatic heterocycles. The Balaban J connectivity index is 2.40. The minimum Gasteiger partial charge on any atom is -0.297 e. The van der Waals surface area contributed by atoms with Crippen molar-refractivity contribution in [3.05, 3.63) is 91.0 Å². The van der Waals surface area contributed by atoms with Gasteiger partial charge in [-0.3, -0.25) is 4.79 Å². The van der Waals surface area contributed by atoms with Gasteiger partial charge in [0.05, 0.1) is 13.3 Å². The second kappa shape index (κ2) is 7.67. The molecule has 3 aromatic rings. The maximum absolute atomic E-state index is 10.7. The van der Waals surface area contributed by atoms with E-state index in [-0.39, 0.29) is 0 Å². The summed E-state index contributed by atoms with van der Waals surface area (Å²) in [6.45, 7) is 0. The molecule has 0 unspecified atom stereocenters. The number of hydrogen-bond acceptors (Lipinski definition) is 2. The lowest BCUT2D eigenvalue weighted by Gasteiger charge is -2.25. The molecule has 0 aliphatic heterocycles. The molecule has 3 nitrogen and oxygen atoms in total. The van der Waals surface area contributed by atoms with Gasteiger partial charge in [-0.2, -0.15) is 9.96 Å². The molecule has 0 saturated carbocycles. The van der Waals surface area contributed by atoms with Crippen LogP contribution >= 0.6 is 7.05 Å². The van der Waals surface area contributed by atoms with E-state index in [1.807, 2.05) is 54.6 Å². The first kappa shape index (κ1) is 16.1. The summed E-state index contributed by atoms with van der Waals surface area (Å²) in [4.78, 5) is 15.4.